The molecule has 0 aliphatic carbocycles. The summed E-state index contributed by atoms with van der Waals surface area (Å²) in [5, 5.41) is 5.83. The number of anilines is 1. The van der Waals surface area contributed by atoms with Crippen LogP contribution in [-0.2, 0) is 11.3 Å². The Hall–Kier alpha value is -2.82. The maximum atomic E-state index is 12.0. The van der Waals surface area contributed by atoms with Crippen LogP contribution in [0.5, 0.6) is 0 Å². The van der Waals surface area contributed by atoms with Crippen LogP contribution in [0.25, 0.3) is 0 Å². The monoisotopic (exact) mass is 311 g/mol. The van der Waals surface area contributed by atoms with Crippen molar-refractivity contribution >= 4 is 17.5 Å². The molecule has 5 heteroatoms. The largest absolute Gasteiger partial charge is 0.376 e. The van der Waals surface area contributed by atoms with E-state index in [2.05, 4.69) is 10.6 Å². The van der Waals surface area contributed by atoms with E-state index in [0.29, 0.717) is 17.8 Å². The number of aryl methyl sites for hydroxylation is 2. The van der Waals surface area contributed by atoms with Gasteiger partial charge in [-0.15, -0.1) is 0 Å². The number of primary amides is 1. The van der Waals surface area contributed by atoms with Gasteiger partial charge < -0.3 is 16.4 Å². The number of amides is 2. The fraction of sp³-hybridized carbons (Fsp3) is 0.222. The van der Waals surface area contributed by atoms with Crippen molar-refractivity contribution in [2.75, 3.05) is 11.9 Å². The zero-order valence-corrected chi connectivity index (χ0v) is 13.3. The summed E-state index contributed by atoms with van der Waals surface area (Å²) < 4.78 is 0. The molecule has 0 unspecified atom stereocenters. The summed E-state index contributed by atoms with van der Waals surface area (Å²) in [6.07, 6.45) is 0. The molecule has 2 rings (SSSR count). The highest BCUT2D eigenvalue weighted by Gasteiger charge is 2.11. The first kappa shape index (κ1) is 16.5. The van der Waals surface area contributed by atoms with Gasteiger partial charge in [0.1, 0.15) is 0 Å². The maximum absolute atomic E-state index is 12.0. The van der Waals surface area contributed by atoms with Crippen LogP contribution >= 0.6 is 0 Å². The average molecular weight is 311 g/mol. The molecule has 2 amide bonds. The van der Waals surface area contributed by atoms with E-state index in [9.17, 15) is 9.59 Å². The minimum Gasteiger partial charge on any atom is -0.376 e. The number of hydrogen-bond acceptors (Lipinski definition) is 3. The highest BCUT2D eigenvalue weighted by atomic mass is 16.2. The van der Waals surface area contributed by atoms with Crippen LogP contribution in [0.4, 0.5) is 5.69 Å². The lowest BCUT2D eigenvalue weighted by atomic mass is 10.1. The van der Waals surface area contributed by atoms with Crippen LogP contribution in [0.3, 0.4) is 0 Å². The first-order chi connectivity index (χ1) is 11.0. The molecule has 0 spiro atoms. The fourth-order valence-corrected chi connectivity index (χ4v) is 2.38. The molecule has 0 radical (unpaired) electrons. The Labute approximate surface area is 135 Å². The van der Waals surface area contributed by atoms with Crippen molar-refractivity contribution < 1.29 is 9.59 Å². The van der Waals surface area contributed by atoms with Crippen LogP contribution in [0.15, 0.2) is 42.5 Å². The normalized spacial score (nSPS) is 10.2. The third-order valence-corrected chi connectivity index (χ3v) is 3.70. The lowest BCUT2D eigenvalue weighted by molar-refractivity contribution is -0.119. The van der Waals surface area contributed by atoms with Gasteiger partial charge >= 0.3 is 0 Å². The SMILES string of the molecule is Cc1ccccc1CNC(=O)CNc1cccc(C)c1C(N)=O. The lowest BCUT2D eigenvalue weighted by Gasteiger charge is -2.12. The summed E-state index contributed by atoms with van der Waals surface area (Å²) in [5.41, 5.74) is 9.38. The fourth-order valence-electron chi connectivity index (χ4n) is 2.38. The molecule has 0 atom stereocenters. The molecule has 0 saturated carbocycles. The van der Waals surface area contributed by atoms with Gasteiger partial charge in [-0.2, -0.15) is 0 Å². The van der Waals surface area contributed by atoms with Gasteiger partial charge in [0, 0.05) is 12.2 Å². The van der Waals surface area contributed by atoms with E-state index in [1.165, 1.54) is 0 Å². The number of nitrogens with two attached hydrogens (primary N) is 1. The Kier molecular flexibility index (Phi) is 5.36. The molecule has 0 saturated heterocycles. The van der Waals surface area contributed by atoms with E-state index in [0.717, 1.165) is 16.7 Å². The van der Waals surface area contributed by atoms with Crippen molar-refractivity contribution in [3.8, 4) is 0 Å². The second-order valence-corrected chi connectivity index (χ2v) is 5.42. The smallest absolute Gasteiger partial charge is 0.251 e. The Balaban J connectivity index is 1.94. The minimum absolute atomic E-state index is 0.0790. The van der Waals surface area contributed by atoms with Crippen molar-refractivity contribution in [3.05, 3.63) is 64.7 Å². The van der Waals surface area contributed by atoms with E-state index in [-0.39, 0.29) is 12.5 Å². The van der Waals surface area contributed by atoms with Crippen LogP contribution < -0.4 is 16.4 Å². The van der Waals surface area contributed by atoms with Crippen LogP contribution in [-0.4, -0.2) is 18.4 Å². The van der Waals surface area contributed by atoms with Gasteiger partial charge in [-0.1, -0.05) is 36.4 Å². The molecule has 23 heavy (non-hydrogen) atoms. The first-order valence-electron chi connectivity index (χ1n) is 7.43. The molecule has 0 fully saturated rings. The van der Waals surface area contributed by atoms with Crippen LogP contribution in [0, 0.1) is 13.8 Å². The molecule has 0 heterocycles. The van der Waals surface area contributed by atoms with E-state index in [1.807, 2.05) is 50.2 Å². The molecular formula is C18H21N3O2. The third-order valence-electron chi connectivity index (χ3n) is 3.70. The molecular weight excluding hydrogens is 290 g/mol. The molecule has 120 valence electrons. The molecule has 0 bridgehead atoms. The van der Waals surface area contributed by atoms with E-state index < -0.39 is 5.91 Å². The van der Waals surface area contributed by atoms with Crippen LogP contribution in [0.1, 0.15) is 27.0 Å². The molecule has 2 aromatic rings. The zero-order chi connectivity index (χ0) is 16.8. The summed E-state index contributed by atoms with van der Waals surface area (Å²) in [7, 11) is 0. The summed E-state index contributed by atoms with van der Waals surface area (Å²) >= 11 is 0. The summed E-state index contributed by atoms with van der Waals surface area (Å²) in [5.74, 6) is -0.656. The van der Waals surface area contributed by atoms with Gasteiger partial charge in [0.15, 0.2) is 0 Å². The minimum atomic E-state index is -0.508. The van der Waals surface area contributed by atoms with Gasteiger partial charge in [-0.05, 0) is 36.6 Å². The first-order valence-corrected chi connectivity index (χ1v) is 7.43. The van der Waals surface area contributed by atoms with E-state index >= 15 is 0 Å². The van der Waals surface area contributed by atoms with Gasteiger partial charge in [-0.3, -0.25) is 9.59 Å². The van der Waals surface area contributed by atoms with Gasteiger partial charge in [0.05, 0.1) is 12.1 Å². The number of hydrogen-bond donors (Lipinski definition) is 3. The summed E-state index contributed by atoms with van der Waals surface area (Å²) in [4.78, 5) is 23.5. The van der Waals surface area contributed by atoms with Crippen LogP contribution in [0.2, 0.25) is 0 Å². The quantitative estimate of drug-likeness (QED) is 0.764. The number of benzene rings is 2. The summed E-state index contributed by atoms with van der Waals surface area (Å²) in [6.45, 7) is 4.37. The highest BCUT2D eigenvalue weighted by molar-refractivity contribution is 6.00. The Bertz CT molecular complexity index is 726. The highest BCUT2D eigenvalue weighted by Crippen LogP contribution is 2.18. The number of carbonyl (C=O) groups is 2. The third kappa shape index (κ3) is 4.32. The molecule has 5 nitrogen and oxygen atoms in total. The second-order valence-electron chi connectivity index (χ2n) is 5.42. The Morgan fingerprint density at radius 3 is 2.39 bits per heavy atom. The predicted octanol–water partition coefficient (Wildman–Crippen LogP) is 2.13. The maximum Gasteiger partial charge on any atom is 0.251 e. The molecule has 4 N–H and O–H groups in total. The lowest BCUT2D eigenvalue weighted by Crippen LogP contribution is -2.30. The van der Waals surface area contributed by atoms with E-state index in [1.54, 1.807) is 6.07 Å². The van der Waals surface area contributed by atoms with Crippen molar-refractivity contribution in [2.24, 2.45) is 5.73 Å². The predicted molar refractivity (Wildman–Crippen MR) is 91.2 cm³/mol. The van der Waals surface area contributed by atoms with Crippen molar-refractivity contribution in [2.45, 2.75) is 20.4 Å². The number of carbonyl (C=O) groups excluding carboxylic acids is 2. The van der Waals surface area contributed by atoms with E-state index in [4.69, 9.17) is 5.73 Å². The summed E-state index contributed by atoms with van der Waals surface area (Å²) in [6, 6.07) is 13.3. The molecule has 2 aromatic carbocycles. The van der Waals surface area contributed by atoms with Crippen molar-refractivity contribution in [1.82, 2.24) is 5.32 Å². The molecule has 0 aliphatic heterocycles. The Morgan fingerprint density at radius 1 is 1.00 bits per heavy atom. The zero-order valence-electron chi connectivity index (χ0n) is 13.3. The van der Waals surface area contributed by atoms with Gasteiger partial charge in [0.25, 0.3) is 5.91 Å². The van der Waals surface area contributed by atoms with Gasteiger partial charge in [0.2, 0.25) is 5.91 Å². The standard InChI is InChI=1S/C18H21N3O2/c1-12-6-3-4-8-14(12)10-21-16(22)11-20-15-9-5-7-13(2)17(15)18(19)23/h3-9,20H,10-11H2,1-2H3,(H2,19,23)(H,21,22). The topological polar surface area (TPSA) is 84.2 Å². The average Bonchev–Trinajstić information content (AvgIpc) is 2.51. The Morgan fingerprint density at radius 2 is 1.70 bits per heavy atom. The number of rotatable bonds is 6. The molecule has 0 aromatic heterocycles. The van der Waals surface area contributed by atoms with Crippen molar-refractivity contribution in [1.29, 1.82) is 0 Å². The number of nitrogens with one attached hydrogen (secondary N) is 2. The van der Waals surface area contributed by atoms with Gasteiger partial charge in [-0.25, -0.2) is 0 Å². The molecule has 0 aliphatic rings. The second kappa shape index (κ2) is 7.45. The van der Waals surface area contributed by atoms with Crippen molar-refractivity contribution in [3.63, 3.8) is 0 Å².